The highest BCUT2D eigenvalue weighted by atomic mass is 19.1. The summed E-state index contributed by atoms with van der Waals surface area (Å²) in [7, 11) is 0. The molecule has 0 unspecified atom stereocenters. The lowest BCUT2D eigenvalue weighted by atomic mass is 9.93. The molecule has 1 N–H and O–H groups in total. The number of benzene rings is 2. The molecule has 2 aromatic carbocycles. The lowest BCUT2D eigenvalue weighted by molar-refractivity contribution is -0.143. The maximum Gasteiger partial charge on any atom is 0.243 e. The van der Waals surface area contributed by atoms with Crippen LogP contribution in [-0.4, -0.2) is 50.6 Å². The third-order valence-corrected chi connectivity index (χ3v) is 6.03. The van der Waals surface area contributed by atoms with Crippen molar-refractivity contribution >= 4 is 11.8 Å². The first-order valence-electron chi connectivity index (χ1n) is 11.1. The summed E-state index contributed by atoms with van der Waals surface area (Å²) >= 11 is 0. The average Bonchev–Trinajstić information content (AvgIpc) is 3.14. The number of nitrogens with zero attached hydrogens (tertiary/aromatic N) is 4. The number of piperazine rings is 1. The second-order valence-corrected chi connectivity index (χ2v) is 8.47. The highest BCUT2D eigenvalue weighted by Gasteiger charge is 2.34. The molecule has 0 bridgehead atoms. The molecule has 2 amide bonds. The van der Waals surface area contributed by atoms with Crippen LogP contribution in [0.4, 0.5) is 4.39 Å². The van der Waals surface area contributed by atoms with Crippen LogP contribution < -0.4 is 5.32 Å². The van der Waals surface area contributed by atoms with Gasteiger partial charge in [-0.25, -0.2) is 14.1 Å². The van der Waals surface area contributed by atoms with Crippen LogP contribution in [-0.2, 0) is 16.0 Å². The summed E-state index contributed by atoms with van der Waals surface area (Å²) in [4.78, 5) is 32.1. The molecule has 7 nitrogen and oxygen atoms in total. The molecule has 1 aliphatic heterocycles. The molecule has 172 valence electrons. The van der Waals surface area contributed by atoms with Crippen molar-refractivity contribution in [3.8, 4) is 11.1 Å². The molecule has 1 aromatic heterocycles. The maximum absolute atomic E-state index is 13.4. The fourth-order valence-electron chi connectivity index (χ4n) is 4.44. The molecule has 1 aliphatic rings. The van der Waals surface area contributed by atoms with Gasteiger partial charge in [-0.1, -0.05) is 36.4 Å². The summed E-state index contributed by atoms with van der Waals surface area (Å²) < 4.78 is 15.2. The van der Waals surface area contributed by atoms with Gasteiger partial charge in [0.05, 0.1) is 6.04 Å². The van der Waals surface area contributed by atoms with Gasteiger partial charge in [0.25, 0.3) is 0 Å². The third kappa shape index (κ3) is 4.94. The van der Waals surface area contributed by atoms with E-state index in [0.717, 1.165) is 22.5 Å². The molecular formula is C25H28FN5O2. The Bertz CT molecular complexity index is 1160. The molecule has 2 heterocycles. The lowest BCUT2D eigenvalue weighted by Gasteiger charge is -2.36. The van der Waals surface area contributed by atoms with Gasteiger partial charge in [0.15, 0.2) is 0 Å². The molecule has 1 saturated heterocycles. The van der Waals surface area contributed by atoms with E-state index in [1.165, 1.54) is 12.1 Å². The van der Waals surface area contributed by atoms with Crippen molar-refractivity contribution in [1.82, 2.24) is 25.0 Å². The zero-order valence-corrected chi connectivity index (χ0v) is 19.1. The standard InChI is InChI=1S/C25H28FN5O2/c1-16(31-18(3)28-17(2)29-31)14-24(32)30-13-12-27-25(33)23(30)15-20-6-4-5-7-22(20)19-8-10-21(26)11-9-19/h4-11,16,23H,12-15H2,1-3H3,(H,27,33)/t16-,23-/m1/s1. The molecular weight excluding hydrogens is 421 g/mol. The number of amides is 2. The Hall–Kier alpha value is -3.55. The first-order chi connectivity index (χ1) is 15.8. The topological polar surface area (TPSA) is 80.1 Å². The van der Waals surface area contributed by atoms with Crippen molar-refractivity contribution < 1.29 is 14.0 Å². The zero-order chi connectivity index (χ0) is 23.5. The van der Waals surface area contributed by atoms with Crippen molar-refractivity contribution in [3.63, 3.8) is 0 Å². The van der Waals surface area contributed by atoms with Gasteiger partial charge >= 0.3 is 0 Å². The van der Waals surface area contributed by atoms with Gasteiger partial charge in [-0.05, 0) is 49.6 Å². The predicted octanol–water partition coefficient (Wildman–Crippen LogP) is 3.22. The monoisotopic (exact) mass is 449 g/mol. The van der Waals surface area contributed by atoms with Crippen LogP contribution in [0, 0.1) is 19.7 Å². The first kappa shape index (κ1) is 22.6. The fourth-order valence-corrected chi connectivity index (χ4v) is 4.44. The Morgan fingerprint density at radius 3 is 2.61 bits per heavy atom. The first-order valence-corrected chi connectivity index (χ1v) is 11.1. The largest absolute Gasteiger partial charge is 0.353 e. The summed E-state index contributed by atoms with van der Waals surface area (Å²) in [6, 6.07) is 13.2. The van der Waals surface area contributed by atoms with E-state index in [0.29, 0.717) is 25.3 Å². The van der Waals surface area contributed by atoms with Gasteiger partial charge in [-0.15, -0.1) is 0 Å². The molecule has 0 aliphatic carbocycles. The second-order valence-electron chi connectivity index (χ2n) is 8.47. The fraction of sp³-hybridized carbons (Fsp3) is 0.360. The van der Waals surface area contributed by atoms with E-state index in [2.05, 4.69) is 15.4 Å². The summed E-state index contributed by atoms with van der Waals surface area (Å²) in [5.74, 6) is 0.873. The number of rotatable bonds is 6. The van der Waals surface area contributed by atoms with Gasteiger partial charge < -0.3 is 10.2 Å². The van der Waals surface area contributed by atoms with E-state index in [1.807, 2.05) is 45.0 Å². The van der Waals surface area contributed by atoms with Crippen LogP contribution in [0.3, 0.4) is 0 Å². The van der Waals surface area contributed by atoms with E-state index in [9.17, 15) is 14.0 Å². The molecule has 2 atom stereocenters. The molecule has 0 radical (unpaired) electrons. The van der Waals surface area contributed by atoms with Crippen LogP contribution in [0.5, 0.6) is 0 Å². The van der Waals surface area contributed by atoms with Crippen molar-refractivity contribution in [2.75, 3.05) is 13.1 Å². The number of hydrogen-bond acceptors (Lipinski definition) is 4. The Kier molecular flexibility index (Phi) is 6.53. The summed E-state index contributed by atoms with van der Waals surface area (Å²) in [5, 5.41) is 7.28. The van der Waals surface area contributed by atoms with Crippen LogP contribution in [0.25, 0.3) is 11.1 Å². The van der Waals surface area contributed by atoms with Gasteiger partial charge in [0.1, 0.15) is 23.5 Å². The van der Waals surface area contributed by atoms with E-state index >= 15 is 0 Å². The summed E-state index contributed by atoms with van der Waals surface area (Å²) in [6.45, 7) is 6.50. The molecule has 33 heavy (non-hydrogen) atoms. The second kappa shape index (κ2) is 9.52. The van der Waals surface area contributed by atoms with Crippen LogP contribution in [0.1, 0.15) is 36.6 Å². The van der Waals surface area contributed by atoms with Gasteiger partial charge in [0.2, 0.25) is 11.8 Å². The number of aromatic nitrogens is 3. The predicted molar refractivity (Wildman–Crippen MR) is 123 cm³/mol. The zero-order valence-electron chi connectivity index (χ0n) is 19.1. The smallest absolute Gasteiger partial charge is 0.243 e. The van der Waals surface area contributed by atoms with Crippen LogP contribution in [0.15, 0.2) is 48.5 Å². The van der Waals surface area contributed by atoms with E-state index in [-0.39, 0.29) is 30.1 Å². The van der Waals surface area contributed by atoms with Crippen molar-refractivity contribution in [2.24, 2.45) is 0 Å². The minimum Gasteiger partial charge on any atom is -0.353 e. The molecule has 8 heteroatoms. The van der Waals surface area contributed by atoms with E-state index < -0.39 is 6.04 Å². The SMILES string of the molecule is Cc1nc(C)n([C@H](C)CC(=O)N2CCNC(=O)[C@H]2Cc2ccccc2-c2ccc(F)cc2)n1. The number of aryl methyl sites for hydroxylation is 2. The Morgan fingerprint density at radius 1 is 1.18 bits per heavy atom. The van der Waals surface area contributed by atoms with E-state index in [1.54, 1.807) is 21.7 Å². The molecule has 0 saturated carbocycles. The summed E-state index contributed by atoms with van der Waals surface area (Å²) in [6.07, 6.45) is 0.605. The minimum atomic E-state index is -0.612. The number of nitrogens with one attached hydrogen (secondary N) is 1. The molecule has 0 spiro atoms. The Morgan fingerprint density at radius 2 is 1.91 bits per heavy atom. The number of carbonyl (C=O) groups is 2. The summed E-state index contributed by atoms with van der Waals surface area (Å²) in [5.41, 5.74) is 2.72. The van der Waals surface area contributed by atoms with Gasteiger partial charge in [-0.3, -0.25) is 9.59 Å². The number of carbonyl (C=O) groups excluding carboxylic acids is 2. The average molecular weight is 450 g/mol. The highest BCUT2D eigenvalue weighted by Crippen LogP contribution is 2.27. The lowest BCUT2D eigenvalue weighted by Crippen LogP contribution is -2.58. The molecule has 3 aromatic rings. The van der Waals surface area contributed by atoms with Crippen molar-refractivity contribution in [1.29, 1.82) is 0 Å². The molecule has 1 fully saturated rings. The van der Waals surface area contributed by atoms with Crippen molar-refractivity contribution in [3.05, 3.63) is 71.6 Å². The Labute approximate surface area is 192 Å². The Balaban J connectivity index is 1.56. The van der Waals surface area contributed by atoms with Crippen LogP contribution >= 0.6 is 0 Å². The highest BCUT2D eigenvalue weighted by molar-refractivity contribution is 5.89. The van der Waals surface area contributed by atoms with Gasteiger partial charge in [-0.2, -0.15) is 5.10 Å². The number of hydrogen-bond donors (Lipinski definition) is 1. The quantitative estimate of drug-likeness (QED) is 0.627. The normalized spacial score (nSPS) is 17.0. The molecule has 4 rings (SSSR count). The van der Waals surface area contributed by atoms with Crippen LogP contribution in [0.2, 0.25) is 0 Å². The number of halogens is 1. The maximum atomic E-state index is 13.4. The minimum absolute atomic E-state index is 0.0887. The van der Waals surface area contributed by atoms with E-state index in [4.69, 9.17) is 0 Å². The van der Waals surface area contributed by atoms with Gasteiger partial charge in [0, 0.05) is 25.9 Å². The third-order valence-electron chi connectivity index (χ3n) is 6.03. The van der Waals surface area contributed by atoms with Crippen molar-refractivity contribution in [2.45, 2.75) is 45.7 Å².